The lowest BCUT2D eigenvalue weighted by atomic mass is 9.83. The normalized spacial score (nSPS) is 12.4. The van der Waals surface area contributed by atoms with Gasteiger partial charge in [-0.25, -0.2) is 9.36 Å². The summed E-state index contributed by atoms with van der Waals surface area (Å²) in [4.78, 5) is 3.89. The number of nitrogens with one attached hydrogen (secondary N) is 1. The third-order valence-electron chi connectivity index (χ3n) is 9.37. The van der Waals surface area contributed by atoms with E-state index in [1.165, 1.54) is 33.0 Å². The predicted octanol–water partition coefficient (Wildman–Crippen LogP) is 9.15. The zero-order chi connectivity index (χ0) is 33.1. The van der Waals surface area contributed by atoms with Crippen molar-refractivity contribution < 1.29 is 0 Å². The smallest absolute Gasteiger partial charge is 0.118 e. The summed E-state index contributed by atoms with van der Waals surface area (Å²) < 4.78 is 4.00. The van der Waals surface area contributed by atoms with Crippen LogP contribution in [-0.2, 0) is 23.9 Å². The van der Waals surface area contributed by atoms with Crippen LogP contribution in [0.15, 0.2) is 84.9 Å². The van der Waals surface area contributed by atoms with Gasteiger partial charge in [-0.3, -0.25) is 0 Å². The highest BCUT2D eigenvalue weighted by Gasteiger charge is 2.26. The average molecular weight is 622 g/mol. The van der Waals surface area contributed by atoms with Gasteiger partial charge >= 0.3 is 0 Å². The van der Waals surface area contributed by atoms with Gasteiger partial charge in [0.15, 0.2) is 0 Å². The van der Waals surface area contributed by atoms with Crippen LogP contribution in [0.1, 0.15) is 75.2 Å². The van der Waals surface area contributed by atoms with Crippen molar-refractivity contribution in [3.63, 3.8) is 0 Å². The molecule has 0 fully saturated rings. The molecule has 0 unspecified atom stereocenters. The van der Waals surface area contributed by atoms with E-state index in [0.717, 1.165) is 44.9 Å². The minimum absolute atomic E-state index is 0.0678. The van der Waals surface area contributed by atoms with Crippen LogP contribution in [0.4, 0.5) is 0 Å². The van der Waals surface area contributed by atoms with E-state index < -0.39 is 0 Å². The minimum atomic E-state index is -0.0678. The second-order valence-corrected chi connectivity index (χ2v) is 14.9. The fourth-order valence-electron chi connectivity index (χ4n) is 6.37. The van der Waals surface area contributed by atoms with Crippen molar-refractivity contribution in [2.24, 2.45) is 0 Å². The molecule has 0 amide bonds. The number of aromatic nitrogens is 7. The van der Waals surface area contributed by atoms with Crippen LogP contribution < -0.4 is 0 Å². The first-order valence-corrected chi connectivity index (χ1v) is 16.4. The molecule has 0 aliphatic heterocycles. The Morgan fingerprint density at radius 1 is 0.553 bits per heavy atom. The van der Waals surface area contributed by atoms with E-state index in [1.807, 2.05) is 21.5 Å². The van der Waals surface area contributed by atoms with Crippen molar-refractivity contribution in [3.05, 3.63) is 119 Å². The Kier molecular flexibility index (Phi) is 7.38. The van der Waals surface area contributed by atoms with Gasteiger partial charge in [-0.2, -0.15) is 0 Å². The Balaban J connectivity index is 1.46. The molecule has 0 aliphatic carbocycles. The number of benzene rings is 4. The van der Waals surface area contributed by atoms with Gasteiger partial charge in [-0.1, -0.05) is 113 Å². The highest BCUT2D eigenvalue weighted by Crippen LogP contribution is 2.42. The second-order valence-electron chi connectivity index (χ2n) is 14.9. The summed E-state index contributed by atoms with van der Waals surface area (Å²) in [7, 11) is 0. The summed E-state index contributed by atoms with van der Waals surface area (Å²) in [5, 5.41) is 21.2. The highest BCUT2D eigenvalue weighted by atomic mass is 15.4. The predicted molar refractivity (Wildman–Crippen MR) is 192 cm³/mol. The molecule has 3 aromatic heterocycles. The lowest BCUT2D eigenvalue weighted by molar-refractivity contribution is 0.590. The second kappa shape index (κ2) is 11.3. The van der Waals surface area contributed by atoms with Crippen molar-refractivity contribution in [1.82, 2.24) is 35.0 Å². The van der Waals surface area contributed by atoms with Crippen molar-refractivity contribution in [2.75, 3.05) is 0 Å². The van der Waals surface area contributed by atoms with Crippen LogP contribution >= 0.6 is 0 Å². The number of rotatable bonds is 6. The molecule has 7 aromatic rings. The van der Waals surface area contributed by atoms with Crippen molar-refractivity contribution in [1.29, 1.82) is 0 Å². The number of H-pyrrole nitrogens is 1. The lowest BCUT2D eigenvalue weighted by Gasteiger charge is -2.21. The summed E-state index contributed by atoms with van der Waals surface area (Å²) in [6, 6.07) is 30.2. The van der Waals surface area contributed by atoms with E-state index in [2.05, 4.69) is 144 Å². The molecule has 0 radical (unpaired) electrons. The van der Waals surface area contributed by atoms with Crippen LogP contribution in [-0.4, -0.2) is 35.0 Å². The monoisotopic (exact) mass is 621 g/mol. The standard InChI is InChI=1S/C40H43N7/c1-25-35(42-44-46(25)23-27-15-11-9-12-16-27)33-21-29(39(3,4)5)19-31-32-20-30(40(6,7)8)22-34(38(32)41-37(31)33)36-26(2)47(45-43-36)24-28-17-13-10-14-18-28/h9-22,41H,23-24H2,1-8H3. The first kappa shape index (κ1) is 30.6. The first-order valence-electron chi connectivity index (χ1n) is 16.4. The number of nitrogens with zero attached hydrogens (tertiary/aromatic N) is 6. The topological polar surface area (TPSA) is 77.2 Å². The molecule has 0 saturated heterocycles. The fourth-order valence-corrected chi connectivity index (χ4v) is 6.37. The van der Waals surface area contributed by atoms with Crippen LogP contribution in [0, 0.1) is 13.8 Å². The zero-order valence-electron chi connectivity index (χ0n) is 28.7. The Bertz CT molecular complexity index is 2060. The summed E-state index contributed by atoms with van der Waals surface area (Å²) in [5.74, 6) is 0. The quantitative estimate of drug-likeness (QED) is 0.201. The molecule has 1 N–H and O–H groups in total. The minimum Gasteiger partial charge on any atom is -0.353 e. The molecule has 0 atom stereocenters. The maximum Gasteiger partial charge on any atom is 0.118 e. The van der Waals surface area contributed by atoms with Gasteiger partial charge in [0.25, 0.3) is 0 Å². The summed E-state index contributed by atoms with van der Waals surface area (Å²) in [6.07, 6.45) is 0. The Morgan fingerprint density at radius 2 is 0.936 bits per heavy atom. The average Bonchev–Trinajstić information content (AvgIpc) is 3.71. The number of fused-ring (bicyclic) bond motifs is 3. The van der Waals surface area contributed by atoms with E-state index >= 15 is 0 Å². The van der Waals surface area contributed by atoms with E-state index in [4.69, 9.17) is 10.2 Å². The Hall–Kier alpha value is -5.04. The van der Waals surface area contributed by atoms with Crippen LogP contribution in [0.2, 0.25) is 0 Å². The third-order valence-corrected chi connectivity index (χ3v) is 9.37. The van der Waals surface area contributed by atoms with Crippen molar-refractivity contribution >= 4 is 21.8 Å². The molecule has 238 valence electrons. The Morgan fingerprint density at radius 3 is 1.30 bits per heavy atom. The van der Waals surface area contributed by atoms with Crippen molar-refractivity contribution in [2.45, 2.75) is 79.3 Å². The van der Waals surface area contributed by atoms with E-state index in [-0.39, 0.29) is 10.8 Å². The van der Waals surface area contributed by atoms with Gasteiger partial charge in [-0.05, 0) is 71.2 Å². The van der Waals surface area contributed by atoms with Gasteiger partial charge in [-0.15, -0.1) is 10.2 Å². The summed E-state index contributed by atoms with van der Waals surface area (Å²) >= 11 is 0. The zero-order valence-corrected chi connectivity index (χ0v) is 28.7. The van der Waals surface area contributed by atoms with Crippen molar-refractivity contribution in [3.8, 4) is 22.5 Å². The highest BCUT2D eigenvalue weighted by molar-refractivity contribution is 6.15. The van der Waals surface area contributed by atoms with E-state index in [9.17, 15) is 0 Å². The van der Waals surface area contributed by atoms with Crippen LogP contribution in [0.25, 0.3) is 44.3 Å². The molecule has 7 rings (SSSR count). The van der Waals surface area contributed by atoms with Crippen LogP contribution in [0.5, 0.6) is 0 Å². The fraction of sp³-hybridized carbons (Fsp3) is 0.300. The van der Waals surface area contributed by atoms with E-state index in [0.29, 0.717) is 13.1 Å². The molecule has 47 heavy (non-hydrogen) atoms. The maximum atomic E-state index is 4.79. The molecule has 7 nitrogen and oxygen atoms in total. The lowest BCUT2D eigenvalue weighted by Crippen LogP contribution is -2.11. The van der Waals surface area contributed by atoms with Gasteiger partial charge in [0.05, 0.1) is 35.5 Å². The third kappa shape index (κ3) is 5.64. The molecular weight excluding hydrogens is 578 g/mol. The van der Waals surface area contributed by atoms with E-state index in [1.54, 1.807) is 0 Å². The van der Waals surface area contributed by atoms with Gasteiger partial charge in [0.1, 0.15) is 11.4 Å². The number of hydrogen-bond donors (Lipinski definition) is 1. The molecule has 7 heteroatoms. The summed E-state index contributed by atoms with van der Waals surface area (Å²) in [5.41, 5.74) is 12.9. The molecule has 0 aliphatic rings. The molecule has 0 spiro atoms. The molecule has 0 saturated carbocycles. The van der Waals surface area contributed by atoms with Crippen LogP contribution in [0.3, 0.4) is 0 Å². The van der Waals surface area contributed by atoms with Gasteiger partial charge < -0.3 is 4.98 Å². The molecule has 0 bridgehead atoms. The number of hydrogen-bond acceptors (Lipinski definition) is 4. The van der Waals surface area contributed by atoms with Gasteiger partial charge in [0, 0.05) is 21.9 Å². The maximum absolute atomic E-state index is 4.79. The summed E-state index contributed by atoms with van der Waals surface area (Å²) in [6.45, 7) is 19.2. The molecule has 3 heterocycles. The largest absolute Gasteiger partial charge is 0.353 e. The number of aromatic amines is 1. The first-order chi connectivity index (χ1) is 22.4. The van der Waals surface area contributed by atoms with Gasteiger partial charge in [0.2, 0.25) is 0 Å². The molecule has 4 aromatic carbocycles. The SMILES string of the molecule is Cc1c(-c2cc(C(C)(C)C)cc3c2[nH]c2c(-c4nnn(Cc5ccccc5)c4C)cc(C(C)(C)C)cc23)nnn1Cc1ccccc1. The Labute approximate surface area is 276 Å². The molecular formula is C40H43N7.